The van der Waals surface area contributed by atoms with E-state index in [1.807, 2.05) is 6.92 Å². The summed E-state index contributed by atoms with van der Waals surface area (Å²) < 4.78 is 0. The molecule has 1 aliphatic rings. The van der Waals surface area contributed by atoms with Crippen LogP contribution in [0.5, 0.6) is 0 Å². The molecule has 0 bridgehead atoms. The minimum atomic E-state index is 0.138. The first-order chi connectivity index (χ1) is 7.29. The maximum Gasteiger partial charge on any atom is 0.123 e. The summed E-state index contributed by atoms with van der Waals surface area (Å²) in [6, 6.07) is 8.81. The van der Waals surface area contributed by atoms with Gasteiger partial charge in [0.1, 0.15) is 6.29 Å². The van der Waals surface area contributed by atoms with Crippen LogP contribution in [0.2, 0.25) is 0 Å². The molecule has 1 saturated carbocycles. The fraction of sp³-hybridized carbons (Fsp3) is 0.500. The van der Waals surface area contributed by atoms with E-state index in [0.29, 0.717) is 0 Å². The van der Waals surface area contributed by atoms with Crippen LogP contribution in [0, 0.1) is 5.92 Å². The molecule has 1 fully saturated rings. The third-order valence-electron chi connectivity index (χ3n) is 3.35. The Bertz CT molecular complexity index is 322. The van der Waals surface area contributed by atoms with Crippen LogP contribution in [-0.4, -0.2) is 6.29 Å². The summed E-state index contributed by atoms with van der Waals surface area (Å²) in [6.07, 6.45) is 5.98. The monoisotopic (exact) mass is 202 g/mol. The molecule has 1 nitrogen and oxygen atoms in total. The first kappa shape index (κ1) is 10.4. The Hall–Kier alpha value is -1.11. The molecule has 1 aromatic carbocycles. The average Bonchev–Trinajstić information content (AvgIpc) is 2.18. The van der Waals surface area contributed by atoms with Gasteiger partial charge in [-0.25, -0.2) is 0 Å². The van der Waals surface area contributed by atoms with Gasteiger partial charge in [-0.15, -0.1) is 0 Å². The largest absolute Gasteiger partial charge is 0.303 e. The molecule has 2 rings (SSSR count). The van der Waals surface area contributed by atoms with Crippen molar-refractivity contribution in [3.05, 3.63) is 35.4 Å². The summed E-state index contributed by atoms with van der Waals surface area (Å²) in [7, 11) is 0. The van der Waals surface area contributed by atoms with Crippen molar-refractivity contribution in [2.45, 2.75) is 38.5 Å². The molecule has 1 aliphatic carbocycles. The molecule has 1 aromatic rings. The Balaban J connectivity index is 1.99. The van der Waals surface area contributed by atoms with Gasteiger partial charge < -0.3 is 4.79 Å². The van der Waals surface area contributed by atoms with Gasteiger partial charge in [0.15, 0.2) is 0 Å². The van der Waals surface area contributed by atoms with Crippen LogP contribution in [0.4, 0.5) is 0 Å². The Morgan fingerprint density at radius 2 is 2.00 bits per heavy atom. The minimum absolute atomic E-state index is 0.138. The van der Waals surface area contributed by atoms with Crippen molar-refractivity contribution >= 4 is 6.29 Å². The molecule has 0 spiro atoms. The van der Waals surface area contributed by atoms with Gasteiger partial charge in [-0.05, 0) is 36.3 Å². The van der Waals surface area contributed by atoms with Crippen LogP contribution in [0.25, 0.3) is 0 Å². The zero-order chi connectivity index (χ0) is 10.7. The summed E-state index contributed by atoms with van der Waals surface area (Å²) >= 11 is 0. The third kappa shape index (κ3) is 2.47. The van der Waals surface area contributed by atoms with Crippen molar-refractivity contribution in [1.82, 2.24) is 0 Å². The molecule has 0 saturated heterocycles. The zero-order valence-corrected chi connectivity index (χ0v) is 9.28. The van der Waals surface area contributed by atoms with Gasteiger partial charge in [-0.2, -0.15) is 0 Å². The number of benzene rings is 1. The first-order valence-corrected chi connectivity index (χ1v) is 5.83. The van der Waals surface area contributed by atoms with Crippen LogP contribution in [-0.2, 0) is 11.2 Å². The minimum Gasteiger partial charge on any atom is -0.303 e. The predicted molar refractivity (Wildman–Crippen MR) is 62.0 cm³/mol. The lowest BCUT2D eigenvalue weighted by atomic mass is 9.80. The second kappa shape index (κ2) is 4.61. The van der Waals surface area contributed by atoms with Gasteiger partial charge in [0.25, 0.3) is 0 Å². The van der Waals surface area contributed by atoms with E-state index in [2.05, 4.69) is 24.3 Å². The summed E-state index contributed by atoms with van der Waals surface area (Å²) in [5, 5.41) is 0. The standard InChI is InChI=1S/C14H18O/c1-11(10-15)9-12-5-7-14(8-6-12)13-3-2-4-13/h5-8,10-11,13H,2-4,9H2,1H3. The molecule has 0 amide bonds. The smallest absolute Gasteiger partial charge is 0.123 e. The molecule has 1 unspecified atom stereocenters. The van der Waals surface area contributed by atoms with E-state index in [1.54, 1.807) is 0 Å². The number of aldehydes is 1. The maximum atomic E-state index is 10.5. The highest BCUT2D eigenvalue weighted by Gasteiger charge is 2.18. The van der Waals surface area contributed by atoms with Crippen molar-refractivity contribution in [2.75, 3.05) is 0 Å². The number of hydrogen-bond donors (Lipinski definition) is 0. The molecule has 0 heterocycles. The van der Waals surface area contributed by atoms with Gasteiger partial charge in [0, 0.05) is 5.92 Å². The molecule has 0 aromatic heterocycles. The highest BCUT2D eigenvalue weighted by atomic mass is 16.1. The number of rotatable bonds is 4. The number of carbonyl (C=O) groups is 1. The topological polar surface area (TPSA) is 17.1 Å². The Morgan fingerprint density at radius 1 is 1.33 bits per heavy atom. The maximum absolute atomic E-state index is 10.5. The lowest BCUT2D eigenvalue weighted by Gasteiger charge is -2.25. The molecule has 1 heteroatoms. The highest BCUT2D eigenvalue weighted by Crippen LogP contribution is 2.36. The summed E-state index contributed by atoms with van der Waals surface area (Å²) in [5.74, 6) is 0.946. The zero-order valence-electron chi connectivity index (χ0n) is 9.28. The Labute approximate surface area is 91.5 Å². The van der Waals surface area contributed by atoms with E-state index in [4.69, 9.17) is 0 Å². The summed E-state index contributed by atoms with van der Waals surface area (Å²) in [6.45, 7) is 1.97. The lowest BCUT2D eigenvalue weighted by molar-refractivity contribution is -0.110. The molecular formula is C14H18O. The van der Waals surface area contributed by atoms with E-state index in [-0.39, 0.29) is 5.92 Å². The Morgan fingerprint density at radius 3 is 2.47 bits per heavy atom. The molecular weight excluding hydrogens is 184 g/mol. The molecule has 0 aliphatic heterocycles. The average molecular weight is 202 g/mol. The van der Waals surface area contributed by atoms with Crippen LogP contribution < -0.4 is 0 Å². The quantitative estimate of drug-likeness (QED) is 0.684. The molecule has 1 atom stereocenters. The van der Waals surface area contributed by atoms with E-state index >= 15 is 0 Å². The molecule has 15 heavy (non-hydrogen) atoms. The van der Waals surface area contributed by atoms with Gasteiger partial charge in [-0.1, -0.05) is 37.6 Å². The third-order valence-corrected chi connectivity index (χ3v) is 3.35. The van der Waals surface area contributed by atoms with Gasteiger partial charge >= 0.3 is 0 Å². The van der Waals surface area contributed by atoms with Crippen molar-refractivity contribution in [3.63, 3.8) is 0 Å². The second-order valence-corrected chi connectivity index (χ2v) is 4.69. The SMILES string of the molecule is CC(C=O)Cc1ccc(C2CCC2)cc1. The van der Waals surface area contributed by atoms with Gasteiger partial charge in [0.2, 0.25) is 0 Å². The van der Waals surface area contributed by atoms with E-state index in [1.165, 1.54) is 30.4 Å². The Kier molecular flexibility index (Phi) is 3.20. The van der Waals surface area contributed by atoms with Crippen LogP contribution in [0.1, 0.15) is 43.2 Å². The lowest BCUT2D eigenvalue weighted by Crippen LogP contribution is -2.08. The molecule has 80 valence electrons. The van der Waals surface area contributed by atoms with E-state index in [0.717, 1.165) is 18.6 Å². The summed E-state index contributed by atoms with van der Waals surface area (Å²) in [4.78, 5) is 10.5. The first-order valence-electron chi connectivity index (χ1n) is 5.83. The van der Waals surface area contributed by atoms with Gasteiger partial charge in [0.05, 0.1) is 0 Å². The van der Waals surface area contributed by atoms with Crippen LogP contribution >= 0.6 is 0 Å². The van der Waals surface area contributed by atoms with Crippen molar-refractivity contribution < 1.29 is 4.79 Å². The second-order valence-electron chi connectivity index (χ2n) is 4.69. The van der Waals surface area contributed by atoms with Crippen LogP contribution in [0.3, 0.4) is 0 Å². The number of hydrogen-bond acceptors (Lipinski definition) is 1. The highest BCUT2D eigenvalue weighted by molar-refractivity contribution is 5.53. The molecule has 0 N–H and O–H groups in total. The fourth-order valence-electron chi connectivity index (χ4n) is 2.09. The normalized spacial score (nSPS) is 18.2. The van der Waals surface area contributed by atoms with Crippen molar-refractivity contribution in [1.29, 1.82) is 0 Å². The van der Waals surface area contributed by atoms with Crippen molar-refractivity contribution in [3.8, 4) is 0 Å². The van der Waals surface area contributed by atoms with Crippen LogP contribution in [0.15, 0.2) is 24.3 Å². The van der Waals surface area contributed by atoms with Crippen molar-refractivity contribution in [2.24, 2.45) is 5.92 Å². The predicted octanol–water partition coefficient (Wildman–Crippen LogP) is 3.33. The molecule has 0 radical (unpaired) electrons. The van der Waals surface area contributed by atoms with Gasteiger partial charge in [-0.3, -0.25) is 0 Å². The van der Waals surface area contributed by atoms with E-state index < -0.39 is 0 Å². The van der Waals surface area contributed by atoms with E-state index in [9.17, 15) is 4.79 Å². The fourth-order valence-corrected chi connectivity index (χ4v) is 2.09. The summed E-state index contributed by atoms with van der Waals surface area (Å²) in [5.41, 5.74) is 2.75. The number of carbonyl (C=O) groups excluding carboxylic acids is 1.